The molecule has 0 unspecified atom stereocenters. The van der Waals surface area contributed by atoms with Gasteiger partial charge in [0.2, 0.25) is 0 Å². The minimum atomic E-state index is -1.26. The second-order valence-electron chi connectivity index (χ2n) is 5.03. The molecule has 1 aromatic heterocycles. The maximum atomic E-state index is 3.40. The van der Waals surface area contributed by atoms with Gasteiger partial charge in [0.15, 0.2) is 0 Å². The highest BCUT2D eigenvalue weighted by Gasteiger charge is 2.08. The third kappa shape index (κ3) is 3.59. The Kier molecular flexibility index (Phi) is 3.51. The Morgan fingerprint density at radius 1 is 0.941 bits per heavy atom. The van der Waals surface area contributed by atoms with E-state index in [1.165, 1.54) is 15.3 Å². The summed E-state index contributed by atoms with van der Waals surface area (Å²) in [4.78, 5) is 2.47. The normalized spacial score (nSPS) is 10.8. The Morgan fingerprint density at radius 3 is 2.29 bits per heavy atom. The van der Waals surface area contributed by atoms with Gasteiger partial charge in [-0.25, -0.2) is 0 Å². The van der Waals surface area contributed by atoms with Crippen LogP contribution in [0.2, 0.25) is 19.6 Å². The van der Waals surface area contributed by atoms with Crippen molar-refractivity contribution in [3.63, 3.8) is 0 Å². The van der Waals surface area contributed by atoms with Gasteiger partial charge in [-0.2, -0.15) is 0 Å². The summed E-state index contributed by atoms with van der Waals surface area (Å²) >= 11 is 1.78. The van der Waals surface area contributed by atoms with Crippen LogP contribution in [0.25, 0.3) is 10.4 Å². The summed E-state index contributed by atoms with van der Waals surface area (Å²) in [7, 11) is -1.26. The highest BCUT2D eigenvalue weighted by Crippen LogP contribution is 2.27. The third-order valence-corrected chi connectivity index (χ3v) is 4.15. The van der Waals surface area contributed by atoms with Crippen molar-refractivity contribution < 1.29 is 0 Å². The molecule has 0 aliphatic rings. The summed E-state index contributed by atoms with van der Waals surface area (Å²) in [5.74, 6) is 3.30. The molecule has 0 bridgehead atoms. The van der Waals surface area contributed by atoms with Gasteiger partial charge in [0.1, 0.15) is 8.07 Å². The average Bonchev–Trinajstić information content (AvgIpc) is 2.75. The molecule has 0 atom stereocenters. The monoisotopic (exact) mass is 256 g/mol. The van der Waals surface area contributed by atoms with Gasteiger partial charge in [0.05, 0.1) is 4.88 Å². The first-order valence-electron chi connectivity index (χ1n) is 5.73. The summed E-state index contributed by atoms with van der Waals surface area (Å²) in [6.45, 7) is 6.81. The van der Waals surface area contributed by atoms with Crippen LogP contribution < -0.4 is 0 Å². The third-order valence-electron chi connectivity index (χ3n) is 2.23. The molecular weight excluding hydrogens is 240 g/mol. The molecule has 0 radical (unpaired) electrons. The summed E-state index contributed by atoms with van der Waals surface area (Å²) in [6.07, 6.45) is 0. The summed E-state index contributed by atoms with van der Waals surface area (Å²) in [5.41, 5.74) is 4.68. The predicted molar refractivity (Wildman–Crippen MR) is 80.0 cm³/mol. The molecule has 0 fully saturated rings. The highest BCUT2D eigenvalue weighted by atomic mass is 32.1. The van der Waals surface area contributed by atoms with Crippen molar-refractivity contribution >= 4 is 19.4 Å². The average molecular weight is 256 g/mol. The zero-order valence-electron chi connectivity index (χ0n) is 10.4. The molecule has 0 aliphatic heterocycles. The smallest absolute Gasteiger partial charge is 0.127 e. The van der Waals surface area contributed by atoms with Gasteiger partial charge in [0, 0.05) is 4.88 Å². The van der Waals surface area contributed by atoms with Gasteiger partial charge in [-0.1, -0.05) is 55.9 Å². The molecule has 0 spiro atoms. The molecule has 0 amide bonds. The molecular formula is C15H16SSi. The molecule has 0 aliphatic carbocycles. The first kappa shape index (κ1) is 12.2. The molecule has 1 aromatic carbocycles. The van der Waals surface area contributed by atoms with Crippen LogP contribution in [-0.2, 0) is 0 Å². The van der Waals surface area contributed by atoms with Gasteiger partial charge in [-0.15, -0.1) is 16.9 Å². The molecule has 1 heterocycles. The second kappa shape index (κ2) is 4.91. The van der Waals surface area contributed by atoms with E-state index < -0.39 is 8.07 Å². The molecule has 0 saturated carbocycles. The Bertz CT molecular complexity index is 550. The van der Waals surface area contributed by atoms with Crippen LogP contribution in [0.4, 0.5) is 0 Å². The van der Waals surface area contributed by atoms with E-state index in [-0.39, 0.29) is 0 Å². The first-order valence-corrected chi connectivity index (χ1v) is 10.0. The molecule has 17 heavy (non-hydrogen) atoms. The Labute approximate surface area is 108 Å². The van der Waals surface area contributed by atoms with Crippen LogP contribution in [0.5, 0.6) is 0 Å². The van der Waals surface area contributed by atoms with Gasteiger partial charge < -0.3 is 0 Å². The fourth-order valence-corrected chi connectivity index (χ4v) is 2.88. The van der Waals surface area contributed by atoms with E-state index in [0.29, 0.717) is 0 Å². The lowest BCUT2D eigenvalue weighted by Gasteiger charge is -2.02. The minimum absolute atomic E-state index is 1.17. The second-order valence-corrected chi connectivity index (χ2v) is 10.9. The predicted octanol–water partition coefficient (Wildman–Crippen LogP) is 4.64. The Hall–Kier alpha value is -1.30. The van der Waals surface area contributed by atoms with Crippen molar-refractivity contribution in [3.05, 3.63) is 47.3 Å². The maximum Gasteiger partial charge on any atom is 0.129 e. The minimum Gasteiger partial charge on any atom is -0.127 e. The van der Waals surface area contributed by atoms with E-state index in [1.54, 1.807) is 11.3 Å². The van der Waals surface area contributed by atoms with E-state index in [4.69, 9.17) is 0 Å². The van der Waals surface area contributed by atoms with Crippen LogP contribution in [0.15, 0.2) is 42.5 Å². The fraction of sp³-hybridized carbons (Fsp3) is 0.200. The molecule has 0 saturated heterocycles. The van der Waals surface area contributed by atoms with E-state index in [9.17, 15) is 0 Å². The number of rotatable bonds is 1. The van der Waals surface area contributed by atoms with Crippen molar-refractivity contribution in [3.8, 4) is 21.9 Å². The molecule has 0 nitrogen and oxygen atoms in total. The molecule has 0 N–H and O–H groups in total. The molecule has 2 aromatic rings. The summed E-state index contributed by atoms with van der Waals surface area (Å²) in [6, 6.07) is 14.8. The maximum absolute atomic E-state index is 3.40. The molecule has 2 rings (SSSR count). The zero-order valence-corrected chi connectivity index (χ0v) is 12.3. The van der Waals surface area contributed by atoms with Gasteiger partial charge in [-0.3, -0.25) is 0 Å². The van der Waals surface area contributed by atoms with E-state index in [0.717, 1.165) is 0 Å². The fourth-order valence-electron chi connectivity index (χ4n) is 1.41. The van der Waals surface area contributed by atoms with E-state index >= 15 is 0 Å². The SMILES string of the molecule is C[Si](C)(C)C#Cc1ccc(-c2ccccc2)s1. The summed E-state index contributed by atoms with van der Waals surface area (Å²) in [5, 5.41) is 0. The Balaban J connectivity index is 2.25. The van der Waals surface area contributed by atoms with Crippen LogP contribution in [0.3, 0.4) is 0 Å². The number of thiophene rings is 1. The highest BCUT2D eigenvalue weighted by molar-refractivity contribution is 7.16. The van der Waals surface area contributed by atoms with Crippen molar-refractivity contribution in [1.82, 2.24) is 0 Å². The van der Waals surface area contributed by atoms with Gasteiger partial charge in [0.25, 0.3) is 0 Å². The lowest BCUT2D eigenvalue weighted by Crippen LogP contribution is -2.16. The van der Waals surface area contributed by atoms with Crippen molar-refractivity contribution in [2.75, 3.05) is 0 Å². The lowest BCUT2D eigenvalue weighted by atomic mass is 10.2. The lowest BCUT2D eigenvalue weighted by molar-refractivity contribution is 1.70. The first-order chi connectivity index (χ1) is 8.04. The zero-order chi connectivity index (χ0) is 12.3. The molecule has 86 valence electrons. The van der Waals surface area contributed by atoms with Crippen LogP contribution >= 0.6 is 11.3 Å². The largest absolute Gasteiger partial charge is 0.129 e. The number of hydrogen-bond donors (Lipinski definition) is 0. The van der Waals surface area contributed by atoms with E-state index in [2.05, 4.69) is 67.5 Å². The Morgan fingerprint density at radius 2 is 1.65 bits per heavy atom. The van der Waals surface area contributed by atoms with E-state index in [1.807, 2.05) is 6.07 Å². The van der Waals surface area contributed by atoms with Gasteiger partial charge >= 0.3 is 0 Å². The molecule has 2 heteroatoms. The van der Waals surface area contributed by atoms with Crippen molar-refractivity contribution in [1.29, 1.82) is 0 Å². The van der Waals surface area contributed by atoms with Crippen LogP contribution in [0.1, 0.15) is 4.88 Å². The standard InChI is InChI=1S/C15H16SSi/c1-17(2,3)12-11-14-9-10-15(16-14)13-7-5-4-6-8-13/h4-10H,1-3H3. The topological polar surface area (TPSA) is 0 Å². The van der Waals surface area contributed by atoms with Crippen molar-refractivity contribution in [2.24, 2.45) is 0 Å². The van der Waals surface area contributed by atoms with Gasteiger partial charge in [-0.05, 0) is 17.7 Å². The van der Waals surface area contributed by atoms with Crippen LogP contribution in [0, 0.1) is 11.5 Å². The van der Waals surface area contributed by atoms with Crippen molar-refractivity contribution in [2.45, 2.75) is 19.6 Å². The number of benzene rings is 1. The summed E-state index contributed by atoms with van der Waals surface area (Å²) < 4.78 is 0. The van der Waals surface area contributed by atoms with Crippen LogP contribution in [-0.4, -0.2) is 8.07 Å². The number of hydrogen-bond acceptors (Lipinski definition) is 1. The quantitative estimate of drug-likeness (QED) is 0.515.